The maximum atomic E-state index is 13.2. The fourth-order valence-corrected chi connectivity index (χ4v) is 4.30. The van der Waals surface area contributed by atoms with E-state index in [-0.39, 0.29) is 18.0 Å². The molecule has 1 atom stereocenters. The zero-order chi connectivity index (χ0) is 24.9. The molecule has 0 bridgehead atoms. The summed E-state index contributed by atoms with van der Waals surface area (Å²) in [5.41, 5.74) is 4.05. The first-order valence-electron chi connectivity index (χ1n) is 11.3. The summed E-state index contributed by atoms with van der Waals surface area (Å²) in [4.78, 5) is 27.6. The second-order valence-electron chi connectivity index (χ2n) is 8.28. The van der Waals surface area contributed by atoms with Crippen LogP contribution in [-0.2, 0) is 13.0 Å². The van der Waals surface area contributed by atoms with E-state index in [1.165, 1.54) is 21.3 Å². The van der Waals surface area contributed by atoms with Crippen molar-refractivity contribution in [1.82, 2.24) is 5.32 Å². The van der Waals surface area contributed by atoms with E-state index in [0.29, 0.717) is 35.0 Å². The fraction of sp³-hybridized carbons (Fsp3) is 0.259. The van der Waals surface area contributed by atoms with Gasteiger partial charge in [0.2, 0.25) is 5.75 Å². The maximum absolute atomic E-state index is 13.2. The number of hydrogen-bond acceptors (Lipinski definition) is 5. The van der Waals surface area contributed by atoms with Gasteiger partial charge in [0.05, 0.1) is 27.0 Å². The Balaban J connectivity index is 1.46. The minimum Gasteiger partial charge on any atom is -0.493 e. The Morgan fingerprint density at radius 2 is 1.63 bits per heavy atom. The van der Waals surface area contributed by atoms with Crippen LogP contribution in [0.2, 0.25) is 0 Å². The summed E-state index contributed by atoms with van der Waals surface area (Å²) in [6.07, 6.45) is 0.795. The minimum atomic E-state index is -0.384. The molecule has 0 fully saturated rings. The third kappa shape index (κ3) is 5.01. The number of nitrogens with one attached hydrogen (secondary N) is 2. The van der Waals surface area contributed by atoms with E-state index in [0.717, 1.165) is 23.2 Å². The van der Waals surface area contributed by atoms with E-state index in [4.69, 9.17) is 14.2 Å². The molecule has 1 heterocycles. The molecule has 3 aromatic rings. The van der Waals surface area contributed by atoms with Crippen LogP contribution < -0.4 is 29.7 Å². The summed E-state index contributed by atoms with van der Waals surface area (Å²) in [6, 6.07) is 18.2. The van der Waals surface area contributed by atoms with Crippen molar-refractivity contribution in [2.24, 2.45) is 0 Å². The molecule has 3 amide bonds. The van der Waals surface area contributed by atoms with Crippen LogP contribution in [0.1, 0.15) is 28.4 Å². The smallest absolute Gasteiger partial charge is 0.319 e. The Hall–Kier alpha value is -4.20. The number of fused-ring (bicyclic) bond motifs is 1. The van der Waals surface area contributed by atoms with Crippen molar-refractivity contribution in [3.05, 3.63) is 77.4 Å². The minimum absolute atomic E-state index is 0.0258. The number of carbonyl (C=O) groups is 2. The second-order valence-corrected chi connectivity index (χ2v) is 8.28. The van der Waals surface area contributed by atoms with Gasteiger partial charge in [0.15, 0.2) is 11.5 Å². The van der Waals surface area contributed by atoms with Crippen LogP contribution in [0.15, 0.2) is 60.7 Å². The average molecular weight is 476 g/mol. The Labute approximate surface area is 204 Å². The number of ether oxygens (including phenoxy) is 3. The largest absolute Gasteiger partial charge is 0.493 e. The lowest BCUT2D eigenvalue weighted by Gasteiger charge is -2.23. The molecule has 35 heavy (non-hydrogen) atoms. The van der Waals surface area contributed by atoms with Gasteiger partial charge in [-0.05, 0) is 42.7 Å². The lowest BCUT2D eigenvalue weighted by atomic mass is 10.1. The normalized spacial score (nSPS) is 14.2. The molecule has 0 aromatic heterocycles. The van der Waals surface area contributed by atoms with Crippen molar-refractivity contribution in [2.75, 3.05) is 31.5 Å². The van der Waals surface area contributed by atoms with Gasteiger partial charge >= 0.3 is 6.03 Å². The van der Waals surface area contributed by atoms with Gasteiger partial charge in [-0.25, -0.2) is 4.79 Å². The first-order chi connectivity index (χ1) is 16.9. The Morgan fingerprint density at radius 1 is 0.943 bits per heavy atom. The number of urea groups is 1. The molecule has 0 saturated carbocycles. The summed E-state index contributed by atoms with van der Waals surface area (Å²) >= 11 is 0. The Kier molecular flexibility index (Phi) is 7.10. The third-order valence-electron chi connectivity index (χ3n) is 5.98. The molecule has 0 unspecified atom stereocenters. The first-order valence-corrected chi connectivity index (χ1v) is 11.3. The molecule has 3 aromatic carbocycles. The van der Waals surface area contributed by atoms with Crippen molar-refractivity contribution < 1.29 is 23.8 Å². The van der Waals surface area contributed by atoms with Gasteiger partial charge in [0.1, 0.15) is 0 Å². The van der Waals surface area contributed by atoms with E-state index < -0.39 is 0 Å². The van der Waals surface area contributed by atoms with Crippen LogP contribution >= 0.6 is 0 Å². The molecular weight excluding hydrogens is 446 g/mol. The molecule has 2 N–H and O–H groups in total. The van der Waals surface area contributed by atoms with E-state index in [1.807, 2.05) is 60.4 Å². The van der Waals surface area contributed by atoms with Crippen LogP contribution in [-0.4, -0.2) is 39.3 Å². The standard InChI is InChI=1S/C27H29N3O5/c1-17-12-20-11-10-18(13-22(20)30(17)26(31)19-8-6-5-7-9-19)16-28-27(32)29-21-14-23(33-2)25(35-4)24(15-21)34-3/h5-11,13-15,17H,12,16H2,1-4H3,(H2,28,29,32)/t17-/m1/s1. The number of methoxy groups -OCH3 is 3. The molecule has 1 aliphatic heterocycles. The quantitative estimate of drug-likeness (QED) is 0.520. The van der Waals surface area contributed by atoms with Crippen LogP contribution in [0.25, 0.3) is 0 Å². The lowest BCUT2D eigenvalue weighted by molar-refractivity contribution is 0.0981. The molecule has 0 saturated heterocycles. The lowest BCUT2D eigenvalue weighted by Crippen LogP contribution is -2.35. The number of amides is 3. The summed E-state index contributed by atoms with van der Waals surface area (Å²) in [5, 5.41) is 5.65. The molecule has 4 rings (SSSR count). The van der Waals surface area contributed by atoms with Gasteiger partial charge in [0.25, 0.3) is 5.91 Å². The molecular formula is C27H29N3O5. The highest BCUT2D eigenvalue weighted by Crippen LogP contribution is 2.40. The predicted octanol–water partition coefficient (Wildman–Crippen LogP) is 4.63. The highest BCUT2D eigenvalue weighted by molar-refractivity contribution is 6.07. The predicted molar refractivity (Wildman–Crippen MR) is 135 cm³/mol. The van der Waals surface area contributed by atoms with Crippen molar-refractivity contribution in [3.63, 3.8) is 0 Å². The fourth-order valence-electron chi connectivity index (χ4n) is 4.30. The zero-order valence-electron chi connectivity index (χ0n) is 20.3. The number of benzene rings is 3. The topological polar surface area (TPSA) is 89.1 Å². The number of nitrogens with zero attached hydrogens (tertiary/aromatic N) is 1. The van der Waals surface area contributed by atoms with Gasteiger partial charge in [-0.2, -0.15) is 0 Å². The van der Waals surface area contributed by atoms with E-state index >= 15 is 0 Å². The van der Waals surface area contributed by atoms with Crippen LogP contribution in [0.3, 0.4) is 0 Å². The van der Waals surface area contributed by atoms with E-state index in [9.17, 15) is 9.59 Å². The third-order valence-corrected chi connectivity index (χ3v) is 5.98. The summed E-state index contributed by atoms with van der Waals surface area (Å²) in [5.74, 6) is 1.31. The van der Waals surface area contributed by atoms with Gasteiger partial charge < -0.3 is 29.7 Å². The van der Waals surface area contributed by atoms with Crippen molar-refractivity contribution >= 4 is 23.3 Å². The highest BCUT2D eigenvalue weighted by atomic mass is 16.5. The van der Waals surface area contributed by atoms with Crippen molar-refractivity contribution in [2.45, 2.75) is 25.9 Å². The first kappa shape index (κ1) is 23.9. The van der Waals surface area contributed by atoms with Gasteiger partial charge in [-0.1, -0.05) is 30.3 Å². The van der Waals surface area contributed by atoms with E-state index in [2.05, 4.69) is 10.6 Å². The monoisotopic (exact) mass is 475 g/mol. The second kappa shape index (κ2) is 10.4. The van der Waals surface area contributed by atoms with Crippen LogP contribution in [0.5, 0.6) is 17.2 Å². The molecule has 0 spiro atoms. The molecule has 182 valence electrons. The van der Waals surface area contributed by atoms with Crippen LogP contribution in [0.4, 0.5) is 16.2 Å². The van der Waals surface area contributed by atoms with Crippen molar-refractivity contribution in [3.8, 4) is 17.2 Å². The van der Waals surface area contributed by atoms with Crippen LogP contribution in [0, 0.1) is 0 Å². The molecule has 8 nitrogen and oxygen atoms in total. The summed E-state index contributed by atoms with van der Waals surface area (Å²) < 4.78 is 16.0. The summed E-state index contributed by atoms with van der Waals surface area (Å²) in [7, 11) is 4.55. The number of anilines is 2. The highest BCUT2D eigenvalue weighted by Gasteiger charge is 2.31. The Morgan fingerprint density at radius 3 is 2.26 bits per heavy atom. The molecule has 0 radical (unpaired) electrons. The number of carbonyl (C=O) groups excluding carboxylic acids is 2. The Bertz CT molecular complexity index is 1200. The maximum Gasteiger partial charge on any atom is 0.319 e. The van der Waals surface area contributed by atoms with Gasteiger partial charge in [0, 0.05) is 36.0 Å². The van der Waals surface area contributed by atoms with E-state index in [1.54, 1.807) is 12.1 Å². The molecule has 1 aliphatic rings. The van der Waals surface area contributed by atoms with Gasteiger partial charge in [-0.15, -0.1) is 0 Å². The SMILES string of the molecule is COc1cc(NC(=O)NCc2ccc3c(c2)N(C(=O)c2ccccc2)[C@H](C)C3)cc(OC)c1OC. The summed E-state index contributed by atoms with van der Waals surface area (Å²) in [6.45, 7) is 2.34. The molecule has 0 aliphatic carbocycles. The number of hydrogen-bond donors (Lipinski definition) is 2. The molecule has 8 heteroatoms. The van der Waals surface area contributed by atoms with Gasteiger partial charge in [-0.3, -0.25) is 4.79 Å². The average Bonchev–Trinajstić information content (AvgIpc) is 3.21. The van der Waals surface area contributed by atoms with Crippen molar-refractivity contribution in [1.29, 1.82) is 0 Å². The zero-order valence-corrected chi connectivity index (χ0v) is 20.3. The number of rotatable bonds is 7.